The van der Waals surface area contributed by atoms with E-state index in [0.717, 1.165) is 0 Å². The van der Waals surface area contributed by atoms with Crippen molar-refractivity contribution in [2.24, 2.45) is 0 Å². The van der Waals surface area contributed by atoms with E-state index in [-0.39, 0.29) is 11.5 Å². The van der Waals surface area contributed by atoms with Crippen LogP contribution >= 0.6 is 0 Å². The summed E-state index contributed by atoms with van der Waals surface area (Å²) < 4.78 is 10.2. The summed E-state index contributed by atoms with van der Waals surface area (Å²) >= 11 is 0. The Balaban J connectivity index is 2.56. The maximum absolute atomic E-state index is 9.38. The third-order valence-electron chi connectivity index (χ3n) is 2.23. The first-order chi connectivity index (χ1) is 6.75. The van der Waals surface area contributed by atoms with Crippen LogP contribution in [-0.4, -0.2) is 10.2 Å². The lowest BCUT2D eigenvalue weighted by Gasteiger charge is -1.90. The van der Waals surface area contributed by atoms with Crippen molar-refractivity contribution in [2.45, 2.75) is 0 Å². The van der Waals surface area contributed by atoms with Gasteiger partial charge in [0.2, 0.25) is 0 Å². The van der Waals surface area contributed by atoms with Crippen molar-refractivity contribution in [3.8, 4) is 11.5 Å². The molecule has 0 fully saturated rings. The highest BCUT2D eigenvalue weighted by Crippen LogP contribution is 2.35. The van der Waals surface area contributed by atoms with Gasteiger partial charge in [-0.05, 0) is 12.1 Å². The molecule has 3 rings (SSSR count). The molecule has 2 aromatic heterocycles. The number of furan rings is 2. The minimum atomic E-state index is 0.0674. The molecule has 0 amide bonds. The number of hydrogen-bond donors (Lipinski definition) is 2. The highest BCUT2D eigenvalue weighted by Gasteiger charge is 2.10. The summed E-state index contributed by atoms with van der Waals surface area (Å²) in [6.07, 6.45) is 2.50. The van der Waals surface area contributed by atoms with Gasteiger partial charge in [0.05, 0.1) is 10.8 Å². The van der Waals surface area contributed by atoms with Crippen LogP contribution in [-0.2, 0) is 0 Å². The highest BCUT2D eigenvalue weighted by atomic mass is 16.4. The van der Waals surface area contributed by atoms with Crippen molar-refractivity contribution in [1.29, 1.82) is 0 Å². The zero-order chi connectivity index (χ0) is 9.71. The van der Waals surface area contributed by atoms with Gasteiger partial charge in [0.1, 0.15) is 23.7 Å². The molecule has 0 radical (unpaired) electrons. The topological polar surface area (TPSA) is 66.7 Å². The molecule has 3 aromatic rings. The van der Waals surface area contributed by atoms with Gasteiger partial charge in [-0.3, -0.25) is 0 Å². The summed E-state index contributed by atoms with van der Waals surface area (Å²) in [7, 11) is 0. The maximum Gasteiger partial charge on any atom is 0.161 e. The van der Waals surface area contributed by atoms with Gasteiger partial charge in [-0.2, -0.15) is 0 Å². The number of rotatable bonds is 0. The molecule has 70 valence electrons. The van der Waals surface area contributed by atoms with Crippen molar-refractivity contribution in [3.05, 3.63) is 24.7 Å². The van der Waals surface area contributed by atoms with Crippen LogP contribution in [0, 0.1) is 0 Å². The Labute approximate surface area is 78.0 Å². The Bertz CT molecular complexity index is 561. The van der Waals surface area contributed by atoms with E-state index in [9.17, 15) is 10.2 Å². The molecular formula is C10H6O4. The quantitative estimate of drug-likeness (QED) is 0.571. The van der Waals surface area contributed by atoms with Crippen LogP contribution in [0.5, 0.6) is 11.5 Å². The zero-order valence-corrected chi connectivity index (χ0v) is 7.02. The Morgan fingerprint density at radius 3 is 1.64 bits per heavy atom. The minimum absolute atomic E-state index is 0.0674. The summed E-state index contributed by atoms with van der Waals surface area (Å²) in [5.74, 6) is 0.135. The van der Waals surface area contributed by atoms with Gasteiger partial charge in [-0.1, -0.05) is 0 Å². The molecule has 0 saturated carbocycles. The number of hydrogen-bond acceptors (Lipinski definition) is 4. The average molecular weight is 190 g/mol. The fourth-order valence-corrected chi connectivity index (χ4v) is 1.52. The van der Waals surface area contributed by atoms with Crippen molar-refractivity contribution in [2.75, 3.05) is 0 Å². The van der Waals surface area contributed by atoms with Crippen LogP contribution < -0.4 is 0 Å². The fourth-order valence-electron chi connectivity index (χ4n) is 1.52. The third kappa shape index (κ3) is 0.771. The fraction of sp³-hybridized carbons (Fsp3) is 0. The molecule has 4 heteroatoms. The summed E-state index contributed by atoms with van der Waals surface area (Å²) in [6.45, 7) is 0. The second-order valence-corrected chi connectivity index (χ2v) is 3.09. The Kier molecular flexibility index (Phi) is 1.16. The lowest BCUT2D eigenvalue weighted by atomic mass is 10.2. The van der Waals surface area contributed by atoms with Gasteiger partial charge >= 0.3 is 0 Å². The Morgan fingerprint density at radius 2 is 1.21 bits per heavy atom. The van der Waals surface area contributed by atoms with E-state index in [1.165, 1.54) is 12.5 Å². The van der Waals surface area contributed by atoms with Crippen molar-refractivity contribution in [3.63, 3.8) is 0 Å². The summed E-state index contributed by atoms with van der Waals surface area (Å²) in [6, 6.07) is 3.26. The normalized spacial score (nSPS) is 11.4. The molecule has 1 aromatic carbocycles. The lowest BCUT2D eigenvalue weighted by molar-refractivity contribution is 0.463. The van der Waals surface area contributed by atoms with E-state index >= 15 is 0 Å². The number of aromatic hydroxyl groups is 2. The van der Waals surface area contributed by atoms with E-state index in [2.05, 4.69) is 0 Å². The van der Waals surface area contributed by atoms with Crippen LogP contribution in [0.3, 0.4) is 0 Å². The monoisotopic (exact) mass is 190 g/mol. The summed E-state index contributed by atoms with van der Waals surface area (Å²) in [4.78, 5) is 0. The number of fused-ring (bicyclic) bond motifs is 2. The van der Waals surface area contributed by atoms with E-state index in [1.807, 2.05) is 0 Å². The third-order valence-corrected chi connectivity index (χ3v) is 2.23. The van der Waals surface area contributed by atoms with Gasteiger partial charge in [0.25, 0.3) is 0 Å². The molecule has 2 heterocycles. The molecule has 0 aliphatic heterocycles. The number of benzene rings is 1. The Morgan fingerprint density at radius 1 is 0.786 bits per heavy atom. The van der Waals surface area contributed by atoms with Gasteiger partial charge in [-0.15, -0.1) is 0 Å². The average Bonchev–Trinajstić information content (AvgIpc) is 2.71. The molecule has 0 aliphatic rings. The van der Waals surface area contributed by atoms with Crippen LogP contribution in [0.1, 0.15) is 0 Å². The van der Waals surface area contributed by atoms with Crippen LogP contribution in [0.2, 0.25) is 0 Å². The van der Waals surface area contributed by atoms with Gasteiger partial charge in [0, 0.05) is 0 Å². The predicted molar refractivity (Wildman–Crippen MR) is 49.3 cm³/mol. The van der Waals surface area contributed by atoms with Gasteiger partial charge in [0.15, 0.2) is 11.5 Å². The van der Waals surface area contributed by atoms with Gasteiger partial charge in [-0.25, -0.2) is 0 Å². The predicted octanol–water partition coefficient (Wildman–Crippen LogP) is 2.59. The van der Waals surface area contributed by atoms with Crippen molar-refractivity contribution in [1.82, 2.24) is 0 Å². The molecule has 0 atom stereocenters. The zero-order valence-electron chi connectivity index (χ0n) is 7.02. The van der Waals surface area contributed by atoms with Crippen molar-refractivity contribution < 1.29 is 19.0 Å². The van der Waals surface area contributed by atoms with Crippen LogP contribution in [0.25, 0.3) is 21.9 Å². The first-order valence-corrected chi connectivity index (χ1v) is 4.06. The molecule has 0 aliphatic carbocycles. The molecule has 4 nitrogen and oxygen atoms in total. The minimum Gasteiger partial charge on any atom is -0.504 e. The first kappa shape index (κ1) is 7.32. The van der Waals surface area contributed by atoms with E-state index in [4.69, 9.17) is 8.83 Å². The smallest absolute Gasteiger partial charge is 0.161 e. The van der Waals surface area contributed by atoms with E-state index in [0.29, 0.717) is 21.9 Å². The van der Waals surface area contributed by atoms with Crippen molar-refractivity contribution >= 4 is 21.9 Å². The molecular weight excluding hydrogens is 184 g/mol. The highest BCUT2D eigenvalue weighted by molar-refractivity contribution is 5.98. The van der Waals surface area contributed by atoms with Crippen LogP contribution in [0.4, 0.5) is 0 Å². The Hall–Kier alpha value is -2.10. The van der Waals surface area contributed by atoms with E-state index < -0.39 is 0 Å². The molecule has 2 N–H and O–H groups in total. The summed E-state index contributed by atoms with van der Waals surface area (Å²) in [5.41, 5.74) is 1.04. The van der Waals surface area contributed by atoms with Crippen LogP contribution in [0.15, 0.2) is 33.5 Å². The first-order valence-electron chi connectivity index (χ1n) is 4.06. The largest absolute Gasteiger partial charge is 0.504 e. The second-order valence-electron chi connectivity index (χ2n) is 3.09. The lowest BCUT2D eigenvalue weighted by Crippen LogP contribution is -1.66. The summed E-state index contributed by atoms with van der Waals surface area (Å²) in [5, 5.41) is 19.9. The molecule has 0 spiro atoms. The molecule has 14 heavy (non-hydrogen) atoms. The molecule has 0 saturated heterocycles. The maximum atomic E-state index is 9.38. The SMILES string of the molecule is Oc1coc2cc3c(O)coc3cc12. The molecule has 0 bridgehead atoms. The second kappa shape index (κ2) is 2.23. The van der Waals surface area contributed by atoms with E-state index in [1.54, 1.807) is 12.1 Å². The molecule has 0 unspecified atom stereocenters. The standard InChI is InChI=1S/C10H6O4/c11-7-3-14-10-2-6-8(12)4-13-9(6)1-5(7)10/h1-4,11-12H. The van der Waals surface area contributed by atoms with Gasteiger partial charge < -0.3 is 19.0 Å².